The predicted molar refractivity (Wildman–Crippen MR) is 43.9 cm³/mol. The van der Waals surface area contributed by atoms with Crippen LogP contribution in [-0.4, -0.2) is 45.8 Å². The average Bonchev–Trinajstić information content (AvgIpc) is 2.33. The molecule has 1 saturated heterocycles. The SMILES string of the molecule is CC(C)N1CCC(O)(C(=O)O)C1. The van der Waals surface area contributed by atoms with E-state index in [1.807, 2.05) is 18.7 Å². The standard InChI is InChI=1S/C8H15NO3/c1-6(2)9-4-3-8(12,5-9)7(10)11/h6,12H,3-5H2,1-2H3,(H,10,11). The summed E-state index contributed by atoms with van der Waals surface area (Å²) in [6.07, 6.45) is 0.334. The summed E-state index contributed by atoms with van der Waals surface area (Å²) in [6.45, 7) is 4.90. The Bertz CT molecular complexity index is 193. The number of aliphatic carboxylic acids is 1. The summed E-state index contributed by atoms with van der Waals surface area (Å²) >= 11 is 0. The van der Waals surface area contributed by atoms with E-state index in [9.17, 15) is 9.90 Å². The van der Waals surface area contributed by atoms with Crippen molar-refractivity contribution in [3.8, 4) is 0 Å². The molecule has 1 aliphatic rings. The molecular weight excluding hydrogens is 158 g/mol. The number of carbonyl (C=O) groups is 1. The fraction of sp³-hybridized carbons (Fsp3) is 0.875. The van der Waals surface area contributed by atoms with Crippen molar-refractivity contribution in [1.82, 2.24) is 4.90 Å². The van der Waals surface area contributed by atoms with Gasteiger partial charge in [0.15, 0.2) is 5.60 Å². The second-order valence-electron chi connectivity index (χ2n) is 3.65. The topological polar surface area (TPSA) is 60.8 Å². The normalized spacial score (nSPS) is 31.3. The molecule has 4 nitrogen and oxygen atoms in total. The Morgan fingerprint density at radius 2 is 2.17 bits per heavy atom. The van der Waals surface area contributed by atoms with Crippen LogP contribution in [0.15, 0.2) is 0 Å². The summed E-state index contributed by atoms with van der Waals surface area (Å²) < 4.78 is 0. The molecule has 70 valence electrons. The minimum atomic E-state index is -1.51. The maximum Gasteiger partial charge on any atom is 0.337 e. The zero-order valence-electron chi connectivity index (χ0n) is 7.45. The molecule has 1 unspecified atom stereocenters. The number of carboxylic acids is 1. The van der Waals surface area contributed by atoms with Gasteiger partial charge in [0, 0.05) is 25.6 Å². The Labute approximate surface area is 71.8 Å². The van der Waals surface area contributed by atoms with Crippen LogP contribution in [0.1, 0.15) is 20.3 Å². The van der Waals surface area contributed by atoms with Gasteiger partial charge in [-0.1, -0.05) is 0 Å². The third-order valence-electron chi connectivity index (χ3n) is 2.41. The zero-order chi connectivity index (χ0) is 9.35. The van der Waals surface area contributed by atoms with E-state index in [4.69, 9.17) is 5.11 Å². The van der Waals surface area contributed by atoms with E-state index in [0.29, 0.717) is 19.0 Å². The second kappa shape index (κ2) is 3.03. The first-order valence-electron chi connectivity index (χ1n) is 4.15. The lowest BCUT2D eigenvalue weighted by molar-refractivity contribution is -0.157. The molecule has 0 saturated carbocycles. The molecule has 2 N–H and O–H groups in total. The minimum Gasteiger partial charge on any atom is -0.479 e. The fourth-order valence-corrected chi connectivity index (χ4v) is 1.44. The Balaban J connectivity index is 2.61. The minimum absolute atomic E-state index is 0.250. The maximum atomic E-state index is 10.6. The number of nitrogens with zero attached hydrogens (tertiary/aromatic N) is 1. The third kappa shape index (κ3) is 1.59. The molecule has 1 heterocycles. The summed E-state index contributed by atoms with van der Waals surface area (Å²) in [7, 11) is 0. The molecule has 0 spiro atoms. The number of carboxylic acid groups (broad SMARTS) is 1. The lowest BCUT2D eigenvalue weighted by Crippen LogP contribution is -2.42. The summed E-state index contributed by atoms with van der Waals surface area (Å²) in [5, 5.41) is 18.2. The van der Waals surface area contributed by atoms with Gasteiger partial charge in [0.2, 0.25) is 0 Å². The summed E-state index contributed by atoms with van der Waals surface area (Å²) in [4.78, 5) is 12.6. The van der Waals surface area contributed by atoms with Gasteiger partial charge in [0.1, 0.15) is 0 Å². The van der Waals surface area contributed by atoms with E-state index in [-0.39, 0.29) is 6.54 Å². The van der Waals surface area contributed by atoms with Gasteiger partial charge in [-0.2, -0.15) is 0 Å². The van der Waals surface area contributed by atoms with Crippen molar-refractivity contribution in [1.29, 1.82) is 0 Å². The van der Waals surface area contributed by atoms with Gasteiger partial charge in [-0.3, -0.25) is 4.90 Å². The van der Waals surface area contributed by atoms with Gasteiger partial charge in [0.05, 0.1) is 0 Å². The van der Waals surface area contributed by atoms with Gasteiger partial charge in [-0.05, 0) is 13.8 Å². The molecule has 0 aromatic carbocycles. The summed E-state index contributed by atoms with van der Waals surface area (Å²) in [5.41, 5.74) is -1.51. The van der Waals surface area contributed by atoms with Crippen molar-refractivity contribution in [2.75, 3.05) is 13.1 Å². The Morgan fingerprint density at radius 1 is 1.58 bits per heavy atom. The quantitative estimate of drug-likeness (QED) is 0.613. The maximum absolute atomic E-state index is 10.6. The third-order valence-corrected chi connectivity index (χ3v) is 2.41. The number of hydrogen-bond acceptors (Lipinski definition) is 3. The van der Waals surface area contributed by atoms with Gasteiger partial charge < -0.3 is 10.2 Å². The predicted octanol–water partition coefficient (Wildman–Crippen LogP) is -0.0838. The highest BCUT2D eigenvalue weighted by Crippen LogP contribution is 2.22. The van der Waals surface area contributed by atoms with Crippen molar-refractivity contribution >= 4 is 5.97 Å². The molecule has 0 bridgehead atoms. The van der Waals surface area contributed by atoms with Crippen LogP contribution in [0, 0.1) is 0 Å². The number of likely N-dealkylation sites (tertiary alicyclic amines) is 1. The van der Waals surface area contributed by atoms with Crippen LogP contribution in [0.25, 0.3) is 0 Å². The largest absolute Gasteiger partial charge is 0.479 e. The Kier molecular flexibility index (Phi) is 2.39. The van der Waals surface area contributed by atoms with Gasteiger partial charge in [-0.25, -0.2) is 4.79 Å². The van der Waals surface area contributed by atoms with Crippen LogP contribution in [-0.2, 0) is 4.79 Å². The molecule has 0 amide bonds. The monoisotopic (exact) mass is 173 g/mol. The molecule has 1 aliphatic heterocycles. The first kappa shape index (κ1) is 9.48. The number of β-amino-alcohol motifs (C(OH)–C–C–N with tert-alkyl or cyclic N) is 1. The summed E-state index contributed by atoms with van der Waals surface area (Å²) in [6, 6.07) is 0.304. The van der Waals surface area contributed by atoms with Gasteiger partial charge in [0.25, 0.3) is 0 Å². The van der Waals surface area contributed by atoms with Crippen molar-refractivity contribution < 1.29 is 15.0 Å². The highest BCUT2D eigenvalue weighted by Gasteiger charge is 2.43. The van der Waals surface area contributed by atoms with Crippen molar-refractivity contribution in [3.05, 3.63) is 0 Å². The van der Waals surface area contributed by atoms with Gasteiger partial charge >= 0.3 is 5.97 Å². The van der Waals surface area contributed by atoms with Crippen molar-refractivity contribution in [2.45, 2.75) is 31.9 Å². The van der Waals surface area contributed by atoms with Crippen molar-refractivity contribution in [2.24, 2.45) is 0 Å². The molecule has 1 atom stereocenters. The Hall–Kier alpha value is -0.610. The summed E-state index contributed by atoms with van der Waals surface area (Å²) in [5.74, 6) is -1.11. The first-order valence-corrected chi connectivity index (χ1v) is 4.15. The van der Waals surface area contributed by atoms with Gasteiger partial charge in [-0.15, -0.1) is 0 Å². The molecule has 12 heavy (non-hydrogen) atoms. The lowest BCUT2D eigenvalue weighted by Gasteiger charge is -2.21. The molecule has 4 heteroatoms. The van der Waals surface area contributed by atoms with E-state index < -0.39 is 11.6 Å². The van der Waals surface area contributed by atoms with Crippen LogP contribution in [0.3, 0.4) is 0 Å². The average molecular weight is 173 g/mol. The smallest absolute Gasteiger partial charge is 0.337 e. The van der Waals surface area contributed by atoms with E-state index in [2.05, 4.69) is 0 Å². The van der Waals surface area contributed by atoms with E-state index in [0.717, 1.165) is 0 Å². The first-order chi connectivity index (χ1) is 5.46. The molecule has 0 aromatic rings. The van der Waals surface area contributed by atoms with E-state index >= 15 is 0 Å². The van der Waals surface area contributed by atoms with Crippen LogP contribution in [0.4, 0.5) is 0 Å². The zero-order valence-corrected chi connectivity index (χ0v) is 7.45. The number of rotatable bonds is 2. The van der Waals surface area contributed by atoms with Crippen molar-refractivity contribution in [3.63, 3.8) is 0 Å². The molecule has 0 radical (unpaired) electrons. The second-order valence-corrected chi connectivity index (χ2v) is 3.65. The molecule has 1 fully saturated rings. The molecular formula is C8H15NO3. The fourth-order valence-electron chi connectivity index (χ4n) is 1.44. The van der Waals surface area contributed by atoms with E-state index in [1.54, 1.807) is 0 Å². The van der Waals surface area contributed by atoms with Crippen LogP contribution in [0.5, 0.6) is 0 Å². The lowest BCUT2D eigenvalue weighted by atomic mass is 10.0. The molecule has 0 aliphatic carbocycles. The van der Waals surface area contributed by atoms with Crippen LogP contribution >= 0.6 is 0 Å². The molecule has 1 rings (SSSR count). The van der Waals surface area contributed by atoms with Crippen LogP contribution in [0.2, 0.25) is 0 Å². The highest BCUT2D eigenvalue weighted by atomic mass is 16.4. The highest BCUT2D eigenvalue weighted by molar-refractivity contribution is 5.77. The number of aliphatic hydroxyl groups is 1. The Morgan fingerprint density at radius 3 is 2.42 bits per heavy atom. The number of hydrogen-bond donors (Lipinski definition) is 2. The van der Waals surface area contributed by atoms with Crippen LogP contribution < -0.4 is 0 Å². The molecule has 0 aromatic heterocycles. The van der Waals surface area contributed by atoms with E-state index in [1.165, 1.54) is 0 Å².